The smallest absolute Gasteiger partial charge is 0.329 e. The summed E-state index contributed by atoms with van der Waals surface area (Å²) in [6.45, 7) is 6.75. The topological polar surface area (TPSA) is 105 Å². The third kappa shape index (κ3) is 7.46. The van der Waals surface area contributed by atoms with Crippen molar-refractivity contribution in [2.24, 2.45) is 0 Å². The molecule has 8 nitrogen and oxygen atoms in total. The predicted octanol–water partition coefficient (Wildman–Crippen LogP) is 5.64. The van der Waals surface area contributed by atoms with Crippen molar-refractivity contribution in [3.05, 3.63) is 59.2 Å². The lowest BCUT2D eigenvalue weighted by Gasteiger charge is -2.33. The fraction of sp³-hybridized carbons (Fsp3) is 0.483. The number of carboxylic acids is 1. The Kier molecular flexibility index (Phi) is 9.53. The number of carboxylic acid groups (broad SMARTS) is 1. The summed E-state index contributed by atoms with van der Waals surface area (Å²) in [4.78, 5) is 38.7. The van der Waals surface area contributed by atoms with Gasteiger partial charge in [0.1, 0.15) is 22.6 Å². The highest BCUT2D eigenvalue weighted by atomic mass is 19.3. The fourth-order valence-corrected chi connectivity index (χ4v) is 4.45. The van der Waals surface area contributed by atoms with Crippen molar-refractivity contribution in [3.8, 4) is 11.5 Å². The molecule has 0 bridgehead atoms. The molecule has 1 aliphatic carbocycles. The van der Waals surface area contributed by atoms with Crippen LogP contribution < -0.4 is 14.8 Å². The average Bonchev–Trinajstić information content (AvgIpc) is 3.65. The van der Waals surface area contributed by atoms with E-state index in [4.69, 9.17) is 9.47 Å². The predicted molar refractivity (Wildman–Crippen MR) is 142 cm³/mol. The number of hydrogen-bond acceptors (Lipinski definition) is 5. The van der Waals surface area contributed by atoms with Crippen LogP contribution in [0.15, 0.2) is 42.5 Å². The summed E-state index contributed by atoms with van der Waals surface area (Å²) in [5.41, 5.74) is -0.180. The van der Waals surface area contributed by atoms with Gasteiger partial charge in [0, 0.05) is 19.4 Å². The number of ketones is 1. The van der Waals surface area contributed by atoms with Gasteiger partial charge < -0.3 is 24.8 Å². The number of benzene rings is 2. The first-order chi connectivity index (χ1) is 18.4. The second kappa shape index (κ2) is 12.4. The lowest BCUT2D eigenvalue weighted by atomic mass is 9.99. The van der Waals surface area contributed by atoms with Gasteiger partial charge in [-0.05, 0) is 63.8 Å². The molecule has 2 N–H and O–H groups in total. The van der Waals surface area contributed by atoms with Crippen molar-refractivity contribution >= 4 is 17.8 Å². The van der Waals surface area contributed by atoms with Crippen LogP contribution in [0.2, 0.25) is 0 Å². The van der Waals surface area contributed by atoms with E-state index in [1.807, 2.05) is 0 Å². The molecule has 2 aromatic rings. The van der Waals surface area contributed by atoms with Crippen molar-refractivity contribution in [2.75, 3.05) is 19.8 Å². The van der Waals surface area contributed by atoms with Gasteiger partial charge >= 0.3 is 12.0 Å². The molecule has 1 atom stereocenters. The molecule has 0 spiro atoms. The van der Waals surface area contributed by atoms with Gasteiger partial charge in [-0.25, -0.2) is 18.4 Å². The van der Waals surface area contributed by atoms with Gasteiger partial charge in [-0.15, -0.1) is 0 Å². The number of rotatable bonds is 14. The van der Waals surface area contributed by atoms with E-state index in [0.29, 0.717) is 11.1 Å². The zero-order chi connectivity index (χ0) is 28.8. The molecule has 3 rings (SSSR count). The molecule has 0 aromatic heterocycles. The largest absolute Gasteiger partial charge is 0.493 e. The molecule has 0 saturated heterocycles. The number of ether oxygens (including phenoxy) is 2. The van der Waals surface area contributed by atoms with Gasteiger partial charge in [0.25, 0.3) is 5.92 Å². The van der Waals surface area contributed by atoms with Crippen LogP contribution in [0, 0.1) is 0 Å². The van der Waals surface area contributed by atoms with Gasteiger partial charge in [0.15, 0.2) is 5.78 Å². The standard InChI is InChI=1S/C29H36F2N2O6/c1-5-38-23-16-22(17-24(39-6-2)25(23)20(4)34)19(3)33(27(37)32-28(12-13-28)26(35)36)15-14-29(30,31)18-21-10-8-7-9-11-21/h7-11,16-17,19H,5-6,12-15,18H2,1-4H3,(H,32,37)(H,35,36)/t19-/m1/s1. The number of amides is 2. The third-order valence-electron chi connectivity index (χ3n) is 6.78. The number of carbonyl (C=O) groups excluding carboxylic acids is 2. The Morgan fingerprint density at radius 3 is 2.10 bits per heavy atom. The minimum absolute atomic E-state index is 0.253. The number of nitrogens with zero attached hydrogens (tertiary/aromatic N) is 1. The van der Waals surface area contributed by atoms with E-state index in [9.17, 15) is 19.5 Å². The molecule has 2 amide bonds. The fourth-order valence-electron chi connectivity index (χ4n) is 4.45. The molecule has 212 valence electrons. The molecule has 1 fully saturated rings. The Balaban J connectivity index is 1.94. The summed E-state index contributed by atoms with van der Waals surface area (Å²) in [6.07, 6.45) is -0.609. The van der Waals surface area contributed by atoms with Gasteiger partial charge in [0.2, 0.25) is 0 Å². The number of aliphatic carboxylic acids is 1. The van der Waals surface area contributed by atoms with Gasteiger partial charge in [-0.3, -0.25) is 4.79 Å². The molecular formula is C29H36F2N2O6. The van der Waals surface area contributed by atoms with E-state index in [1.54, 1.807) is 63.2 Å². The van der Waals surface area contributed by atoms with Crippen LogP contribution >= 0.6 is 0 Å². The van der Waals surface area contributed by atoms with Gasteiger partial charge in [-0.1, -0.05) is 30.3 Å². The van der Waals surface area contributed by atoms with Crippen molar-refractivity contribution in [1.29, 1.82) is 0 Å². The highest BCUT2D eigenvalue weighted by Gasteiger charge is 2.52. The van der Waals surface area contributed by atoms with E-state index in [1.165, 1.54) is 11.8 Å². The quantitative estimate of drug-likeness (QED) is 0.297. The highest BCUT2D eigenvalue weighted by Crippen LogP contribution is 2.38. The summed E-state index contributed by atoms with van der Waals surface area (Å²) in [6, 6.07) is 10.0. The molecule has 2 aromatic carbocycles. The van der Waals surface area contributed by atoms with Gasteiger partial charge in [0.05, 0.1) is 19.3 Å². The Bertz CT molecular complexity index is 1160. The Labute approximate surface area is 227 Å². The van der Waals surface area contributed by atoms with Crippen molar-refractivity contribution in [3.63, 3.8) is 0 Å². The Morgan fingerprint density at radius 1 is 1.08 bits per heavy atom. The third-order valence-corrected chi connectivity index (χ3v) is 6.78. The van der Waals surface area contributed by atoms with E-state index < -0.39 is 42.3 Å². The average molecular weight is 547 g/mol. The van der Waals surface area contributed by atoms with Crippen LogP contribution in [0.25, 0.3) is 0 Å². The van der Waals surface area contributed by atoms with Crippen molar-refractivity contribution < 1.29 is 37.7 Å². The molecule has 39 heavy (non-hydrogen) atoms. The molecule has 10 heteroatoms. The number of urea groups is 1. The first-order valence-electron chi connectivity index (χ1n) is 13.1. The maximum atomic E-state index is 15.0. The summed E-state index contributed by atoms with van der Waals surface area (Å²) in [7, 11) is 0. The first kappa shape index (κ1) is 29.9. The molecular weight excluding hydrogens is 510 g/mol. The molecule has 0 radical (unpaired) electrons. The number of Topliss-reactive ketones (excluding diaryl/α,β-unsaturated/α-hetero) is 1. The zero-order valence-corrected chi connectivity index (χ0v) is 22.8. The van der Waals surface area contributed by atoms with E-state index in [-0.39, 0.29) is 55.4 Å². The second-order valence-corrected chi connectivity index (χ2v) is 9.77. The maximum Gasteiger partial charge on any atom is 0.329 e. The zero-order valence-electron chi connectivity index (χ0n) is 22.8. The lowest BCUT2D eigenvalue weighted by Crippen LogP contribution is -2.51. The van der Waals surface area contributed by atoms with E-state index in [0.717, 1.165) is 0 Å². The molecule has 1 aliphatic rings. The minimum atomic E-state index is -3.12. The van der Waals surface area contributed by atoms with Crippen LogP contribution in [0.1, 0.15) is 74.5 Å². The van der Waals surface area contributed by atoms with Crippen LogP contribution in [0.3, 0.4) is 0 Å². The SMILES string of the molecule is CCOc1cc([C@@H](C)N(CCC(F)(F)Cc2ccccc2)C(=O)NC2(C(=O)O)CC2)cc(OCC)c1C(C)=O. The summed E-state index contributed by atoms with van der Waals surface area (Å²) < 4.78 is 41.4. The lowest BCUT2D eigenvalue weighted by molar-refractivity contribution is -0.140. The summed E-state index contributed by atoms with van der Waals surface area (Å²) in [5, 5.41) is 12.1. The van der Waals surface area contributed by atoms with Crippen LogP contribution in [-0.4, -0.2) is 59.0 Å². The molecule has 0 heterocycles. The number of alkyl halides is 2. The number of halogens is 2. The molecule has 1 saturated carbocycles. The molecule has 0 aliphatic heterocycles. The van der Waals surface area contributed by atoms with Crippen LogP contribution in [-0.2, 0) is 11.2 Å². The number of nitrogens with one attached hydrogen (secondary N) is 1. The molecule has 0 unspecified atom stereocenters. The van der Waals surface area contributed by atoms with E-state index >= 15 is 8.78 Å². The van der Waals surface area contributed by atoms with Crippen LogP contribution in [0.4, 0.5) is 13.6 Å². The van der Waals surface area contributed by atoms with E-state index in [2.05, 4.69) is 5.32 Å². The monoisotopic (exact) mass is 546 g/mol. The maximum absolute atomic E-state index is 15.0. The minimum Gasteiger partial charge on any atom is -0.493 e. The number of carbonyl (C=O) groups is 3. The highest BCUT2D eigenvalue weighted by molar-refractivity contribution is 6.00. The normalized spacial score (nSPS) is 14.7. The second-order valence-electron chi connectivity index (χ2n) is 9.77. The number of hydrogen-bond donors (Lipinski definition) is 2. The first-order valence-corrected chi connectivity index (χ1v) is 13.1. The Hall–Kier alpha value is -3.69. The van der Waals surface area contributed by atoms with Gasteiger partial charge in [-0.2, -0.15) is 0 Å². The Morgan fingerprint density at radius 2 is 1.64 bits per heavy atom. The summed E-state index contributed by atoms with van der Waals surface area (Å²) in [5.74, 6) is -4.03. The van der Waals surface area contributed by atoms with Crippen molar-refractivity contribution in [2.45, 2.75) is 70.9 Å². The van der Waals surface area contributed by atoms with Crippen LogP contribution in [0.5, 0.6) is 11.5 Å². The summed E-state index contributed by atoms with van der Waals surface area (Å²) >= 11 is 0. The van der Waals surface area contributed by atoms with Crippen molar-refractivity contribution in [1.82, 2.24) is 10.2 Å².